The van der Waals surface area contributed by atoms with Gasteiger partial charge < -0.3 is 10.5 Å². The molecule has 2 rings (SSSR count). The van der Waals surface area contributed by atoms with E-state index in [4.69, 9.17) is 22.1 Å². The second-order valence-corrected chi connectivity index (χ2v) is 6.16. The Morgan fingerprint density at radius 2 is 1.95 bits per heavy atom. The second kappa shape index (κ2) is 6.68. The fourth-order valence-electron chi connectivity index (χ4n) is 1.82. The lowest BCUT2D eigenvalue weighted by atomic mass is 10.1. The molecule has 0 aliphatic rings. The molecule has 0 amide bonds. The Morgan fingerprint density at radius 3 is 2.52 bits per heavy atom. The van der Waals surface area contributed by atoms with Crippen LogP contribution < -0.4 is 10.5 Å². The molecule has 0 unspecified atom stereocenters. The van der Waals surface area contributed by atoms with Gasteiger partial charge in [-0.25, -0.2) is 0 Å². The maximum Gasteiger partial charge on any atom is 0.419 e. The lowest BCUT2D eigenvalue weighted by molar-refractivity contribution is -0.139. The summed E-state index contributed by atoms with van der Waals surface area (Å²) in [5.74, 6) is -0.187. The average Bonchev–Trinajstić information content (AvgIpc) is 2.82. The van der Waals surface area contributed by atoms with E-state index in [0.717, 1.165) is 10.9 Å². The minimum absolute atomic E-state index is 0.0523. The van der Waals surface area contributed by atoms with Gasteiger partial charge in [-0.15, -0.1) is 11.3 Å². The van der Waals surface area contributed by atoms with E-state index in [2.05, 4.69) is 0 Å². The molecule has 0 atom stereocenters. The number of hydrogen-bond acceptors (Lipinski definition) is 3. The van der Waals surface area contributed by atoms with Crippen molar-refractivity contribution < 1.29 is 17.9 Å². The molecule has 0 aliphatic heterocycles. The molecular formula is C14H13ClF3NOS. The van der Waals surface area contributed by atoms with E-state index in [1.807, 2.05) is 0 Å². The zero-order valence-electron chi connectivity index (χ0n) is 10.9. The van der Waals surface area contributed by atoms with Crippen LogP contribution in [0.3, 0.4) is 0 Å². The van der Waals surface area contributed by atoms with E-state index >= 15 is 0 Å². The molecule has 21 heavy (non-hydrogen) atoms. The van der Waals surface area contributed by atoms with Crippen LogP contribution in [0.5, 0.6) is 5.75 Å². The molecule has 2 nitrogen and oxygen atoms in total. The Labute approximate surface area is 129 Å². The number of benzene rings is 1. The maximum atomic E-state index is 13.1. The number of alkyl halides is 3. The van der Waals surface area contributed by atoms with E-state index in [-0.39, 0.29) is 12.4 Å². The van der Waals surface area contributed by atoms with Gasteiger partial charge in [-0.2, -0.15) is 13.2 Å². The van der Waals surface area contributed by atoms with E-state index in [9.17, 15) is 13.2 Å². The molecule has 114 valence electrons. The molecule has 7 heteroatoms. The molecule has 0 spiro atoms. The molecule has 2 aromatic rings. The summed E-state index contributed by atoms with van der Waals surface area (Å²) in [4.78, 5) is 0.763. The number of rotatable bonds is 5. The van der Waals surface area contributed by atoms with Crippen molar-refractivity contribution in [2.75, 3.05) is 6.54 Å². The van der Waals surface area contributed by atoms with Crippen molar-refractivity contribution in [3.8, 4) is 5.75 Å². The van der Waals surface area contributed by atoms with Crippen molar-refractivity contribution in [3.05, 3.63) is 50.7 Å². The third-order valence-electron chi connectivity index (χ3n) is 2.78. The summed E-state index contributed by atoms with van der Waals surface area (Å²) in [6.45, 7) is 0.349. The van der Waals surface area contributed by atoms with Crippen LogP contribution in [-0.4, -0.2) is 6.54 Å². The quantitative estimate of drug-likeness (QED) is 0.873. The molecule has 0 aliphatic carbocycles. The number of halogens is 4. The number of thiophene rings is 1. The van der Waals surface area contributed by atoms with Crippen LogP contribution in [0.4, 0.5) is 13.2 Å². The van der Waals surface area contributed by atoms with Crippen LogP contribution in [0.15, 0.2) is 30.3 Å². The fraction of sp³-hybridized carbons (Fsp3) is 0.286. The van der Waals surface area contributed by atoms with Gasteiger partial charge in [0.25, 0.3) is 0 Å². The summed E-state index contributed by atoms with van der Waals surface area (Å²) in [6.07, 6.45) is -4.07. The minimum Gasteiger partial charge on any atom is -0.487 e. The van der Waals surface area contributed by atoms with Crippen LogP contribution in [0.2, 0.25) is 4.34 Å². The standard InChI is InChI=1S/C14H13ClF3NOS/c15-13-4-2-10(21-13)8-20-12-3-1-9(5-6-19)7-11(12)14(16,17)18/h1-4,7H,5-6,8,19H2. The third kappa shape index (κ3) is 4.36. The Kier molecular flexibility index (Phi) is 5.13. The molecular weight excluding hydrogens is 323 g/mol. The fourth-order valence-corrected chi connectivity index (χ4v) is 2.83. The van der Waals surface area contributed by atoms with Gasteiger partial charge in [0.1, 0.15) is 12.4 Å². The largest absolute Gasteiger partial charge is 0.487 e. The predicted octanol–water partition coefficient (Wildman–Crippen LogP) is 4.50. The third-order valence-corrected chi connectivity index (χ3v) is 3.99. The van der Waals surface area contributed by atoms with E-state index < -0.39 is 11.7 Å². The highest BCUT2D eigenvalue weighted by Gasteiger charge is 2.34. The topological polar surface area (TPSA) is 35.2 Å². The SMILES string of the molecule is NCCc1ccc(OCc2ccc(Cl)s2)c(C(F)(F)F)c1. The van der Waals surface area contributed by atoms with Gasteiger partial charge >= 0.3 is 6.18 Å². The molecule has 1 aromatic heterocycles. The average molecular weight is 336 g/mol. The normalized spacial score (nSPS) is 11.7. The van der Waals surface area contributed by atoms with Gasteiger partial charge in [0, 0.05) is 4.88 Å². The highest BCUT2D eigenvalue weighted by molar-refractivity contribution is 7.16. The zero-order valence-corrected chi connectivity index (χ0v) is 12.5. The minimum atomic E-state index is -4.47. The first-order valence-electron chi connectivity index (χ1n) is 6.17. The highest BCUT2D eigenvalue weighted by atomic mass is 35.5. The van der Waals surface area contributed by atoms with Crippen molar-refractivity contribution >= 4 is 22.9 Å². The number of hydrogen-bond donors (Lipinski definition) is 1. The smallest absolute Gasteiger partial charge is 0.419 e. The first-order valence-corrected chi connectivity index (χ1v) is 7.37. The highest BCUT2D eigenvalue weighted by Crippen LogP contribution is 2.37. The maximum absolute atomic E-state index is 13.1. The number of nitrogens with two attached hydrogens (primary N) is 1. The van der Waals surface area contributed by atoms with Gasteiger partial charge in [0.05, 0.1) is 9.90 Å². The van der Waals surface area contributed by atoms with E-state index in [1.54, 1.807) is 18.2 Å². The first-order chi connectivity index (χ1) is 9.90. The van der Waals surface area contributed by atoms with Crippen LogP contribution in [0, 0.1) is 0 Å². The van der Waals surface area contributed by atoms with Crippen molar-refractivity contribution in [2.45, 2.75) is 19.2 Å². The van der Waals surface area contributed by atoms with Crippen molar-refractivity contribution in [1.82, 2.24) is 0 Å². The lowest BCUT2D eigenvalue weighted by Gasteiger charge is -2.15. The summed E-state index contributed by atoms with van der Waals surface area (Å²) in [5, 5.41) is 0. The van der Waals surface area contributed by atoms with Crippen LogP contribution in [-0.2, 0) is 19.2 Å². The summed E-state index contributed by atoms with van der Waals surface area (Å²) >= 11 is 7.05. The molecule has 0 saturated carbocycles. The molecule has 0 saturated heterocycles. The van der Waals surface area contributed by atoms with E-state index in [1.165, 1.54) is 17.4 Å². The van der Waals surface area contributed by atoms with Crippen molar-refractivity contribution in [1.29, 1.82) is 0 Å². The van der Waals surface area contributed by atoms with Crippen LogP contribution in [0.1, 0.15) is 16.0 Å². The Hall–Kier alpha value is -1.24. The monoisotopic (exact) mass is 335 g/mol. The summed E-state index contributed by atoms with van der Waals surface area (Å²) in [5.41, 5.74) is 5.13. The van der Waals surface area contributed by atoms with Gasteiger partial charge in [0.15, 0.2) is 0 Å². The zero-order chi connectivity index (χ0) is 15.5. The molecule has 2 N–H and O–H groups in total. The first kappa shape index (κ1) is 16.1. The Balaban J connectivity index is 2.21. The lowest BCUT2D eigenvalue weighted by Crippen LogP contribution is -2.10. The summed E-state index contributed by atoms with van der Waals surface area (Å²) in [6, 6.07) is 7.43. The molecule has 0 fully saturated rings. The molecule has 1 heterocycles. The summed E-state index contributed by atoms with van der Waals surface area (Å²) in [7, 11) is 0. The van der Waals surface area contributed by atoms with Crippen molar-refractivity contribution in [2.24, 2.45) is 5.73 Å². The van der Waals surface area contributed by atoms with Crippen LogP contribution in [0.25, 0.3) is 0 Å². The van der Waals surface area contributed by atoms with Gasteiger partial charge in [-0.3, -0.25) is 0 Å². The Bertz CT molecular complexity index is 613. The van der Waals surface area contributed by atoms with Crippen molar-refractivity contribution in [3.63, 3.8) is 0 Å². The molecule has 0 bridgehead atoms. The molecule has 0 radical (unpaired) electrons. The summed E-state index contributed by atoms with van der Waals surface area (Å²) < 4.78 is 45.1. The van der Waals surface area contributed by atoms with Gasteiger partial charge in [-0.1, -0.05) is 17.7 Å². The molecule has 1 aromatic carbocycles. The van der Waals surface area contributed by atoms with Gasteiger partial charge in [0.2, 0.25) is 0 Å². The Morgan fingerprint density at radius 1 is 1.19 bits per heavy atom. The van der Waals surface area contributed by atoms with E-state index in [0.29, 0.717) is 22.9 Å². The number of ether oxygens (including phenoxy) is 1. The van der Waals surface area contributed by atoms with Crippen LogP contribution >= 0.6 is 22.9 Å². The second-order valence-electron chi connectivity index (χ2n) is 4.36. The van der Waals surface area contributed by atoms with Gasteiger partial charge in [-0.05, 0) is 42.8 Å². The predicted molar refractivity (Wildman–Crippen MR) is 77.9 cm³/mol.